The van der Waals surface area contributed by atoms with Gasteiger partial charge in [0.05, 0.1) is 5.56 Å². The molecule has 110 valence electrons. The van der Waals surface area contributed by atoms with E-state index in [1.165, 1.54) is 5.56 Å². The highest BCUT2D eigenvalue weighted by molar-refractivity contribution is 5.92. The van der Waals surface area contributed by atoms with E-state index in [-0.39, 0.29) is 0 Å². The minimum Gasteiger partial charge on any atom is -0.452 e. The fourth-order valence-electron chi connectivity index (χ4n) is 2.28. The first-order valence-corrected chi connectivity index (χ1v) is 6.61. The van der Waals surface area contributed by atoms with Crippen molar-refractivity contribution in [2.45, 2.75) is 20.8 Å². The zero-order valence-corrected chi connectivity index (χ0v) is 12.3. The normalized spacial score (nSPS) is 10.4. The molecule has 2 N–H and O–H groups in total. The van der Waals surface area contributed by atoms with Crippen LogP contribution in [0.1, 0.15) is 27.3 Å². The number of amides is 1. The maximum Gasteiger partial charge on any atom is 0.340 e. The number of aryl methyl sites for hydroxylation is 2. The highest BCUT2D eigenvalue weighted by Gasteiger charge is 2.18. The summed E-state index contributed by atoms with van der Waals surface area (Å²) in [5.74, 6) is -1.21. The van der Waals surface area contributed by atoms with E-state index in [4.69, 9.17) is 10.5 Å². The molecular weight excluding hydrogens is 268 g/mol. The van der Waals surface area contributed by atoms with Gasteiger partial charge in [0.25, 0.3) is 5.91 Å². The molecule has 0 spiro atoms. The molecule has 1 aromatic carbocycles. The number of carbonyl (C=O) groups excluding carboxylic acids is 2. The minimum absolute atomic E-state index is 0.410. The molecule has 0 aliphatic rings. The van der Waals surface area contributed by atoms with Crippen molar-refractivity contribution in [3.05, 3.63) is 52.8 Å². The second kappa shape index (κ2) is 5.83. The van der Waals surface area contributed by atoms with Gasteiger partial charge in [0.1, 0.15) is 0 Å². The van der Waals surface area contributed by atoms with Gasteiger partial charge in [-0.2, -0.15) is 0 Å². The highest BCUT2D eigenvalue weighted by Crippen LogP contribution is 2.21. The second-order valence-electron chi connectivity index (χ2n) is 5.00. The summed E-state index contributed by atoms with van der Waals surface area (Å²) in [5.41, 5.74) is 9.25. The highest BCUT2D eigenvalue weighted by atomic mass is 16.5. The summed E-state index contributed by atoms with van der Waals surface area (Å²) in [5, 5.41) is 0. The molecule has 1 amide bonds. The van der Waals surface area contributed by atoms with Crippen LogP contribution in [0.25, 0.3) is 5.69 Å². The molecule has 0 radical (unpaired) electrons. The molecular formula is C16H18N2O3. The van der Waals surface area contributed by atoms with Crippen molar-refractivity contribution in [1.82, 2.24) is 4.57 Å². The van der Waals surface area contributed by atoms with Gasteiger partial charge in [0.15, 0.2) is 6.61 Å². The largest absolute Gasteiger partial charge is 0.452 e. The molecule has 1 aromatic heterocycles. The van der Waals surface area contributed by atoms with Crippen molar-refractivity contribution in [3.63, 3.8) is 0 Å². The number of carbonyl (C=O) groups is 2. The van der Waals surface area contributed by atoms with Gasteiger partial charge in [-0.3, -0.25) is 4.79 Å². The molecule has 2 aromatic rings. The number of nitrogens with zero attached hydrogens (tertiary/aromatic N) is 1. The van der Waals surface area contributed by atoms with Crippen LogP contribution < -0.4 is 5.73 Å². The van der Waals surface area contributed by atoms with E-state index in [1.807, 2.05) is 49.6 Å². The first kappa shape index (κ1) is 14.8. The van der Waals surface area contributed by atoms with Crippen LogP contribution in [0, 0.1) is 20.8 Å². The molecule has 0 unspecified atom stereocenters. The van der Waals surface area contributed by atoms with Crippen molar-refractivity contribution in [1.29, 1.82) is 0 Å². The van der Waals surface area contributed by atoms with E-state index in [9.17, 15) is 9.59 Å². The zero-order chi connectivity index (χ0) is 15.6. The van der Waals surface area contributed by atoms with Crippen molar-refractivity contribution in [3.8, 4) is 5.69 Å². The Kier molecular flexibility index (Phi) is 4.12. The first-order valence-electron chi connectivity index (χ1n) is 6.61. The topological polar surface area (TPSA) is 74.3 Å². The van der Waals surface area contributed by atoms with E-state index < -0.39 is 18.5 Å². The lowest BCUT2D eigenvalue weighted by atomic mass is 10.2. The van der Waals surface area contributed by atoms with Crippen LogP contribution >= 0.6 is 0 Å². The van der Waals surface area contributed by atoms with Gasteiger partial charge in [0, 0.05) is 17.1 Å². The number of benzene rings is 1. The smallest absolute Gasteiger partial charge is 0.340 e. The van der Waals surface area contributed by atoms with E-state index in [1.54, 1.807) is 6.07 Å². The number of nitrogens with two attached hydrogens (primary N) is 1. The van der Waals surface area contributed by atoms with Gasteiger partial charge >= 0.3 is 5.97 Å². The summed E-state index contributed by atoms with van der Waals surface area (Å²) >= 11 is 0. The predicted octanol–water partition coefficient (Wildman–Crippen LogP) is 2.04. The maximum atomic E-state index is 12.0. The first-order chi connectivity index (χ1) is 9.90. The Morgan fingerprint density at radius 1 is 1.14 bits per heavy atom. The van der Waals surface area contributed by atoms with Crippen molar-refractivity contribution in [2.75, 3.05) is 6.61 Å². The van der Waals surface area contributed by atoms with Crippen LogP contribution in [0.15, 0.2) is 30.3 Å². The third-order valence-corrected chi connectivity index (χ3v) is 3.29. The molecule has 2 rings (SSSR count). The standard InChI is InChI=1S/C16H18N2O3/c1-10-4-6-13(7-5-10)18-11(2)8-14(12(18)3)16(20)21-9-15(17)19/h4-8H,9H2,1-3H3,(H2,17,19). The maximum absolute atomic E-state index is 12.0. The Bertz CT molecular complexity index is 684. The summed E-state index contributed by atoms with van der Waals surface area (Å²) in [6.07, 6.45) is 0. The molecule has 0 atom stereocenters. The van der Waals surface area contributed by atoms with Gasteiger partial charge in [0.2, 0.25) is 0 Å². The predicted molar refractivity (Wildman–Crippen MR) is 79.5 cm³/mol. The molecule has 0 saturated heterocycles. The molecule has 0 aliphatic heterocycles. The number of esters is 1. The zero-order valence-electron chi connectivity index (χ0n) is 12.3. The molecule has 0 bridgehead atoms. The van der Waals surface area contributed by atoms with Gasteiger partial charge in [-0.05, 0) is 39.0 Å². The van der Waals surface area contributed by atoms with Gasteiger partial charge in [-0.1, -0.05) is 17.7 Å². The fraction of sp³-hybridized carbons (Fsp3) is 0.250. The lowest BCUT2D eigenvalue weighted by molar-refractivity contribution is -0.121. The van der Waals surface area contributed by atoms with E-state index in [0.717, 1.165) is 17.1 Å². The van der Waals surface area contributed by atoms with Crippen molar-refractivity contribution in [2.24, 2.45) is 5.73 Å². The molecule has 0 aliphatic carbocycles. The molecule has 0 fully saturated rings. The number of rotatable bonds is 4. The SMILES string of the molecule is Cc1ccc(-n2c(C)cc(C(=O)OCC(N)=O)c2C)cc1. The van der Waals surface area contributed by atoms with E-state index >= 15 is 0 Å². The molecule has 21 heavy (non-hydrogen) atoms. The quantitative estimate of drug-likeness (QED) is 0.874. The second-order valence-corrected chi connectivity index (χ2v) is 5.00. The number of hydrogen-bond donors (Lipinski definition) is 1. The number of hydrogen-bond acceptors (Lipinski definition) is 3. The average molecular weight is 286 g/mol. The van der Waals surface area contributed by atoms with Crippen LogP contribution in [-0.2, 0) is 9.53 Å². The van der Waals surface area contributed by atoms with Crippen LogP contribution in [0.3, 0.4) is 0 Å². The summed E-state index contributed by atoms with van der Waals surface area (Å²) < 4.78 is 6.84. The Morgan fingerprint density at radius 3 is 2.33 bits per heavy atom. The van der Waals surface area contributed by atoms with Crippen LogP contribution in [-0.4, -0.2) is 23.1 Å². The lowest BCUT2D eigenvalue weighted by Gasteiger charge is -2.10. The Labute approximate surface area is 123 Å². The Balaban J connectivity index is 2.35. The van der Waals surface area contributed by atoms with Gasteiger partial charge in [-0.15, -0.1) is 0 Å². The molecule has 5 nitrogen and oxygen atoms in total. The third kappa shape index (κ3) is 3.13. The average Bonchev–Trinajstić information content (AvgIpc) is 2.73. The van der Waals surface area contributed by atoms with Gasteiger partial charge < -0.3 is 15.0 Å². The molecule has 0 saturated carbocycles. The lowest BCUT2D eigenvalue weighted by Crippen LogP contribution is -2.21. The summed E-state index contributed by atoms with van der Waals surface area (Å²) in [4.78, 5) is 22.7. The van der Waals surface area contributed by atoms with Crippen LogP contribution in [0.4, 0.5) is 0 Å². The Morgan fingerprint density at radius 2 is 1.76 bits per heavy atom. The summed E-state index contributed by atoms with van der Waals surface area (Å²) in [6, 6.07) is 9.76. The van der Waals surface area contributed by atoms with Gasteiger partial charge in [-0.25, -0.2) is 4.79 Å². The van der Waals surface area contributed by atoms with Crippen molar-refractivity contribution < 1.29 is 14.3 Å². The summed E-state index contributed by atoms with van der Waals surface area (Å²) in [6.45, 7) is 5.37. The van der Waals surface area contributed by atoms with E-state index in [2.05, 4.69) is 0 Å². The molecule has 1 heterocycles. The molecule has 5 heteroatoms. The fourth-order valence-corrected chi connectivity index (χ4v) is 2.28. The minimum atomic E-state index is -0.671. The number of aromatic nitrogens is 1. The monoisotopic (exact) mass is 286 g/mol. The third-order valence-electron chi connectivity index (χ3n) is 3.29. The number of primary amides is 1. The van der Waals surface area contributed by atoms with Crippen LogP contribution in [0.2, 0.25) is 0 Å². The van der Waals surface area contributed by atoms with E-state index in [0.29, 0.717) is 5.56 Å². The van der Waals surface area contributed by atoms with Crippen LogP contribution in [0.5, 0.6) is 0 Å². The van der Waals surface area contributed by atoms with Crippen molar-refractivity contribution >= 4 is 11.9 Å². The Hall–Kier alpha value is -2.56. The summed E-state index contributed by atoms with van der Waals surface area (Å²) in [7, 11) is 0. The number of ether oxygens (including phenoxy) is 1.